The minimum absolute atomic E-state index is 0.0859. The monoisotopic (exact) mass is 592 g/mol. The highest BCUT2D eigenvalue weighted by Crippen LogP contribution is 2.56. The molecule has 0 aliphatic heterocycles. The lowest BCUT2D eigenvalue weighted by Gasteiger charge is -2.41. The van der Waals surface area contributed by atoms with E-state index >= 15 is 0 Å². The predicted octanol–water partition coefficient (Wildman–Crippen LogP) is 10.8. The molecular formula is C30H58P2Si4. The normalized spacial score (nSPS) is 13.2. The molecule has 0 saturated heterocycles. The summed E-state index contributed by atoms with van der Waals surface area (Å²) in [6, 6.07) is 9.55. The molecule has 2 rings (SSSR count). The maximum absolute atomic E-state index is 2.57. The first-order valence-corrected chi connectivity index (χ1v) is 33.7. The highest BCUT2D eigenvalue weighted by molar-refractivity contribution is 8.23. The van der Waals surface area contributed by atoms with Crippen molar-refractivity contribution in [3.8, 4) is 0 Å². The van der Waals surface area contributed by atoms with Crippen molar-refractivity contribution in [1.82, 2.24) is 0 Å². The van der Waals surface area contributed by atoms with E-state index in [1.807, 2.05) is 0 Å². The Morgan fingerprint density at radius 2 is 0.528 bits per heavy atom. The van der Waals surface area contributed by atoms with Gasteiger partial charge in [0, 0.05) is 0 Å². The summed E-state index contributed by atoms with van der Waals surface area (Å²) < 4.78 is 0. The third kappa shape index (κ3) is 9.13. The van der Waals surface area contributed by atoms with Crippen LogP contribution in [0.4, 0.5) is 0 Å². The van der Waals surface area contributed by atoms with E-state index in [0.29, 0.717) is 0 Å². The second kappa shape index (κ2) is 12.1. The van der Waals surface area contributed by atoms with Crippen molar-refractivity contribution in [1.29, 1.82) is 0 Å². The van der Waals surface area contributed by atoms with Crippen molar-refractivity contribution in [2.24, 2.45) is 0 Å². The van der Waals surface area contributed by atoms with E-state index in [-0.39, 0.29) is 14.0 Å². The number of hydrogen-bond acceptors (Lipinski definition) is 0. The molecule has 6 heteroatoms. The fourth-order valence-corrected chi connectivity index (χ4v) is 75.4. The maximum Gasteiger partial charge on any atom is 0.0730 e. The van der Waals surface area contributed by atoms with Crippen LogP contribution in [0.25, 0.3) is 0 Å². The standard InChI is InChI=1S/2C15H29PSi2/c2*1-12-10-13(2)15(14(3)11-12)16(17(4,5)6)18(7,8)9/h2*10-11H,1-9H3. The van der Waals surface area contributed by atoms with Gasteiger partial charge in [0.1, 0.15) is 0 Å². The van der Waals surface area contributed by atoms with Gasteiger partial charge in [0.2, 0.25) is 0 Å². The number of aryl methyl sites for hydroxylation is 6. The zero-order chi connectivity index (χ0) is 28.6. The van der Waals surface area contributed by atoms with E-state index in [1.165, 1.54) is 11.1 Å². The van der Waals surface area contributed by atoms with Crippen LogP contribution in [0.15, 0.2) is 24.3 Å². The van der Waals surface area contributed by atoms with Crippen molar-refractivity contribution >= 4 is 55.6 Å². The Labute approximate surface area is 232 Å². The van der Waals surface area contributed by atoms with Gasteiger partial charge in [-0.2, -0.15) is 0 Å². The first kappa shape index (κ1) is 34.2. The summed E-state index contributed by atoms with van der Waals surface area (Å²) in [4.78, 5) is 0. The molecule has 0 heterocycles. The quantitative estimate of drug-likeness (QED) is 0.231. The van der Waals surface area contributed by atoms with Crippen molar-refractivity contribution in [2.75, 3.05) is 0 Å². The van der Waals surface area contributed by atoms with Crippen molar-refractivity contribution in [3.63, 3.8) is 0 Å². The average molecular weight is 593 g/mol. The highest BCUT2D eigenvalue weighted by atomic mass is 31.6. The molecule has 0 radical (unpaired) electrons. The van der Waals surface area contributed by atoms with E-state index in [4.69, 9.17) is 0 Å². The minimum Gasteiger partial charge on any atom is -0.0991 e. The summed E-state index contributed by atoms with van der Waals surface area (Å²) in [6.45, 7) is 44.5. The Balaban J connectivity index is 0.000000360. The molecule has 204 valence electrons. The van der Waals surface area contributed by atoms with Crippen LogP contribution < -0.4 is 10.6 Å². The Hall–Kier alpha value is 0.168. The predicted molar refractivity (Wildman–Crippen MR) is 188 cm³/mol. The molecule has 0 aliphatic carbocycles. The summed E-state index contributed by atoms with van der Waals surface area (Å²) in [6.07, 6.45) is 0. The van der Waals surface area contributed by atoms with Gasteiger partial charge in [-0.25, -0.2) is 0 Å². The summed E-state index contributed by atoms with van der Waals surface area (Å²) in [5.74, 6) is 0. The molecule has 0 fully saturated rings. The molecule has 2 aromatic carbocycles. The molecule has 0 aliphatic rings. The van der Waals surface area contributed by atoms with Crippen LogP contribution in [0.1, 0.15) is 33.4 Å². The molecule has 0 spiro atoms. The summed E-state index contributed by atoms with van der Waals surface area (Å²) in [7, 11) is -4.29. The average Bonchev–Trinajstić information content (AvgIpc) is 2.57. The first-order chi connectivity index (χ1) is 15.9. The fraction of sp³-hybridized carbons (Fsp3) is 0.600. The van der Waals surface area contributed by atoms with Gasteiger partial charge in [0.05, 0.1) is 31.0 Å². The Morgan fingerprint density at radius 3 is 0.667 bits per heavy atom. The van der Waals surface area contributed by atoms with Crippen LogP contribution >= 0.6 is 14.0 Å². The molecule has 0 saturated carbocycles. The second-order valence-electron chi connectivity index (χ2n) is 14.8. The van der Waals surface area contributed by atoms with Crippen LogP contribution in [-0.2, 0) is 0 Å². The molecule has 2 aromatic rings. The molecule has 0 bridgehead atoms. The first-order valence-electron chi connectivity index (χ1n) is 13.7. The lowest BCUT2D eigenvalue weighted by atomic mass is 10.1. The maximum atomic E-state index is 2.57. The van der Waals surface area contributed by atoms with E-state index in [1.54, 1.807) is 32.9 Å². The van der Waals surface area contributed by atoms with Crippen LogP contribution in [0.5, 0.6) is 0 Å². The van der Waals surface area contributed by atoms with Crippen LogP contribution in [0.2, 0.25) is 78.6 Å². The minimum atomic E-state index is -1.12. The summed E-state index contributed by atoms with van der Waals surface area (Å²) in [5, 5.41) is 3.49. The zero-order valence-corrected chi connectivity index (χ0v) is 33.0. The third-order valence-corrected chi connectivity index (χ3v) is 57.0. The molecule has 0 N–H and O–H groups in total. The molecule has 0 amide bonds. The van der Waals surface area contributed by atoms with Crippen LogP contribution in [0.3, 0.4) is 0 Å². The van der Waals surface area contributed by atoms with Crippen molar-refractivity contribution in [3.05, 3.63) is 57.6 Å². The highest BCUT2D eigenvalue weighted by Gasteiger charge is 2.40. The van der Waals surface area contributed by atoms with Crippen LogP contribution in [0, 0.1) is 41.5 Å². The van der Waals surface area contributed by atoms with Gasteiger partial charge in [-0.15, -0.1) is 0 Å². The van der Waals surface area contributed by atoms with Gasteiger partial charge in [-0.3, -0.25) is 0 Å². The Morgan fingerprint density at radius 1 is 0.361 bits per heavy atom. The van der Waals surface area contributed by atoms with Gasteiger partial charge in [-0.05, 0) is 74.4 Å². The van der Waals surface area contributed by atoms with Crippen molar-refractivity contribution < 1.29 is 0 Å². The molecular weight excluding hydrogens is 535 g/mol. The molecule has 0 nitrogen and oxygen atoms in total. The Kier molecular flexibility index (Phi) is 11.5. The van der Waals surface area contributed by atoms with Gasteiger partial charge < -0.3 is 0 Å². The van der Waals surface area contributed by atoms with E-state index in [0.717, 1.165) is 0 Å². The topological polar surface area (TPSA) is 0 Å². The molecule has 0 aromatic heterocycles. The van der Waals surface area contributed by atoms with Gasteiger partial charge in [0.25, 0.3) is 0 Å². The SMILES string of the molecule is Cc1cc(C)c(P([Si](C)(C)C)[Si](C)(C)C)c(C)c1.Cc1cc(C)c(P([Si](C)(C)C)[Si](C)(C)C)c(C)c1. The smallest absolute Gasteiger partial charge is 0.0730 e. The summed E-state index contributed by atoms with van der Waals surface area (Å²) >= 11 is 0. The fourth-order valence-electron chi connectivity index (χ4n) is 6.40. The van der Waals surface area contributed by atoms with Gasteiger partial charge in [-0.1, -0.05) is 128 Å². The Bertz CT molecular complexity index is 889. The molecule has 36 heavy (non-hydrogen) atoms. The molecule has 0 unspecified atom stereocenters. The van der Waals surface area contributed by atoms with E-state index < -0.39 is 31.0 Å². The zero-order valence-electron chi connectivity index (χ0n) is 27.2. The molecule has 0 atom stereocenters. The van der Waals surface area contributed by atoms with Gasteiger partial charge >= 0.3 is 0 Å². The lowest BCUT2D eigenvalue weighted by molar-refractivity contribution is 1.36. The largest absolute Gasteiger partial charge is 0.0991 e. The lowest BCUT2D eigenvalue weighted by Crippen LogP contribution is -2.39. The van der Waals surface area contributed by atoms with E-state index in [9.17, 15) is 0 Å². The second-order valence-corrected chi connectivity index (χ2v) is 58.6. The summed E-state index contributed by atoms with van der Waals surface area (Å²) in [5.41, 5.74) is 9.00. The number of rotatable bonds is 6. The van der Waals surface area contributed by atoms with Crippen LogP contribution in [-0.4, -0.2) is 31.0 Å². The van der Waals surface area contributed by atoms with Gasteiger partial charge in [0.15, 0.2) is 0 Å². The van der Waals surface area contributed by atoms with Crippen molar-refractivity contribution in [2.45, 2.75) is 120 Å². The van der Waals surface area contributed by atoms with E-state index in [2.05, 4.69) is 144 Å². The number of benzene rings is 2. The third-order valence-electron chi connectivity index (χ3n) is 6.40. The number of hydrogen-bond donors (Lipinski definition) is 0.